The summed E-state index contributed by atoms with van der Waals surface area (Å²) < 4.78 is 26.9. The minimum Gasteiger partial charge on any atom is -0.389 e. The number of rotatable bonds is 3. The Morgan fingerprint density at radius 1 is 1.20 bits per heavy atom. The molecule has 134 valence electrons. The van der Waals surface area contributed by atoms with Gasteiger partial charge >= 0.3 is 0 Å². The standard InChI is InChI=1S/C19H24N2O3S/c22-18-14-21(17-9-5-2-6-10-17)25(23,24)19(18)11-12-20(15-19)13-16-7-3-1-4-8-16/h1-7,9-10,16,18,22H,8,11-15H2/t16?,18-,19-/m1/s1. The normalized spacial score (nSPS) is 34.2. The number of para-hydroxylation sites is 1. The fraction of sp³-hybridized carbons (Fsp3) is 0.474. The molecule has 2 saturated heterocycles. The molecule has 1 unspecified atom stereocenters. The molecule has 4 rings (SSSR count). The summed E-state index contributed by atoms with van der Waals surface area (Å²) in [7, 11) is -3.59. The van der Waals surface area contributed by atoms with Crippen LogP contribution in [-0.4, -0.2) is 55.5 Å². The Balaban J connectivity index is 1.55. The SMILES string of the molecule is O=S1(=O)N(c2ccccc2)C[C@@H](O)[C@]12CCN(CC1C=CC=CC1)C2. The fourth-order valence-corrected chi connectivity index (χ4v) is 6.56. The summed E-state index contributed by atoms with van der Waals surface area (Å²) in [6.45, 7) is 2.11. The van der Waals surface area contributed by atoms with Gasteiger partial charge in [0, 0.05) is 13.1 Å². The molecule has 0 bridgehead atoms. The molecular weight excluding hydrogens is 336 g/mol. The third-order valence-electron chi connectivity index (χ3n) is 5.70. The Hall–Kier alpha value is -1.63. The van der Waals surface area contributed by atoms with Crippen molar-refractivity contribution in [1.82, 2.24) is 4.90 Å². The van der Waals surface area contributed by atoms with Crippen molar-refractivity contribution in [1.29, 1.82) is 0 Å². The smallest absolute Gasteiger partial charge is 0.244 e. The average molecular weight is 360 g/mol. The number of allylic oxidation sites excluding steroid dienone is 3. The van der Waals surface area contributed by atoms with Crippen molar-refractivity contribution in [3.8, 4) is 0 Å². The number of aliphatic hydroxyl groups is 1. The summed E-state index contributed by atoms with van der Waals surface area (Å²) >= 11 is 0. The van der Waals surface area contributed by atoms with Gasteiger partial charge in [-0.2, -0.15) is 0 Å². The first kappa shape index (κ1) is 16.8. The molecule has 5 nitrogen and oxygen atoms in total. The largest absolute Gasteiger partial charge is 0.389 e. The molecule has 0 saturated carbocycles. The van der Waals surface area contributed by atoms with Crippen molar-refractivity contribution >= 4 is 15.7 Å². The topological polar surface area (TPSA) is 60.9 Å². The lowest BCUT2D eigenvalue weighted by Crippen LogP contribution is -2.48. The third-order valence-corrected chi connectivity index (χ3v) is 8.27. The van der Waals surface area contributed by atoms with Crippen molar-refractivity contribution in [2.45, 2.75) is 23.7 Å². The second-order valence-electron chi connectivity index (χ2n) is 7.25. The van der Waals surface area contributed by atoms with Gasteiger partial charge in [0.1, 0.15) is 4.75 Å². The van der Waals surface area contributed by atoms with E-state index in [2.05, 4.69) is 23.1 Å². The fourth-order valence-electron chi connectivity index (χ4n) is 4.27. The van der Waals surface area contributed by atoms with Crippen molar-refractivity contribution in [3.05, 3.63) is 54.6 Å². The van der Waals surface area contributed by atoms with E-state index in [-0.39, 0.29) is 6.54 Å². The molecule has 1 aromatic rings. The maximum Gasteiger partial charge on any atom is 0.244 e. The number of benzene rings is 1. The maximum absolute atomic E-state index is 13.3. The van der Waals surface area contributed by atoms with Gasteiger partial charge in [-0.05, 0) is 37.4 Å². The molecule has 3 aliphatic rings. The number of anilines is 1. The Bertz CT molecular complexity index is 790. The summed E-state index contributed by atoms with van der Waals surface area (Å²) in [5, 5.41) is 10.7. The van der Waals surface area contributed by atoms with E-state index in [4.69, 9.17) is 0 Å². The number of β-amino-alcohol motifs (C(OH)–C–C–N with tert-alkyl or cyclic N) is 1. The van der Waals surface area contributed by atoms with Crippen LogP contribution in [0.5, 0.6) is 0 Å². The molecule has 2 fully saturated rings. The molecule has 3 atom stereocenters. The Labute approximate surface area is 149 Å². The molecule has 1 spiro atoms. The van der Waals surface area contributed by atoms with Gasteiger partial charge in [-0.3, -0.25) is 4.31 Å². The van der Waals surface area contributed by atoms with Crippen molar-refractivity contribution in [3.63, 3.8) is 0 Å². The summed E-state index contributed by atoms with van der Waals surface area (Å²) in [5.41, 5.74) is 0.636. The predicted octanol–water partition coefficient (Wildman–Crippen LogP) is 1.77. The Kier molecular flexibility index (Phi) is 4.22. The number of likely N-dealkylation sites (tertiary alicyclic amines) is 1. The minimum absolute atomic E-state index is 0.145. The number of hydrogen-bond acceptors (Lipinski definition) is 4. The molecule has 0 aromatic heterocycles. The molecule has 1 N–H and O–H groups in total. The summed E-state index contributed by atoms with van der Waals surface area (Å²) in [6, 6.07) is 9.09. The zero-order valence-corrected chi connectivity index (χ0v) is 15.0. The van der Waals surface area contributed by atoms with Gasteiger partial charge in [0.2, 0.25) is 10.0 Å². The molecular formula is C19H24N2O3S. The average Bonchev–Trinajstić information content (AvgIpc) is 3.13. The van der Waals surface area contributed by atoms with E-state index >= 15 is 0 Å². The number of aliphatic hydroxyl groups excluding tert-OH is 1. The Morgan fingerprint density at radius 2 is 2.00 bits per heavy atom. The molecule has 6 heteroatoms. The molecule has 1 aromatic carbocycles. The quantitative estimate of drug-likeness (QED) is 0.893. The minimum atomic E-state index is -3.59. The first-order chi connectivity index (χ1) is 12.0. The van der Waals surface area contributed by atoms with Crippen LogP contribution in [0.1, 0.15) is 12.8 Å². The van der Waals surface area contributed by atoms with E-state index in [0.29, 0.717) is 31.1 Å². The second kappa shape index (κ2) is 6.27. The van der Waals surface area contributed by atoms with E-state index < -0.39 is 20.9 Å². The van der Waals surface area contributed by atoms with Gasteiger partial charge in [0.15, 0.2) is 0 Å². The molecule has 2 aliphatic heterocycles. The highest BCUT2D eigenvalue weighted by Crippen LogP contribution is 2.43. The predicted molar refractivity (Wildman–Crippen MR) is 98.9 cm³/mol. The van der Waals surface area contributed by atoms with Gasteiger partial charge < -0.3 is 10.0 Å². The van der Waals surface area contributed by atoms with Gasteiger partial charge in [-0.1, -0.05) is 42.5 Å². The van der Waals surface area contributed by atoms with Crippen molar-refractivity contribution in [2.24, 2.45) is 5.92 Å². The van der Waals surface area contributed by atoms with Crippen LogP contribution in [0.3, 0.4) is 0 Å². The highest BCUT2D eigenvalue weighted by Gasteiger charge is 2.61. The first-order valence-electron chi connectivity index (χ1n) is 8.84. The van der Waals surface area contributed by atoms with Crippen LogP contribution in [0, 0.1) is 5.92 Å². The van der Waals surface area contributed by atoms with Crippen molar-refractivity contribution in [2.75, 3.05) is 30.5 Å². The lowest BCUT2D eigenvalue weighted by atomic mass is 9.99. The number of hydrogen-bond donors (Lipinski definition) is 1. The van der Waals surface area contributed by atoms with Crippen LogP contribution >= 0.6 is 0 Å². The highest BCUT2D eigenvalue weighted by atomic mass is 32.2. The second-order valence-corrected chi connectivity index (χ2v) is 9.45. The van der Waals surface area contributed by atoms with Gasteiger partial charge in [-0.25, -0.2) is 8.42 Å². The molecule has 1 aliphatic carbocycles. The van der Waals surface area contributed by atoms with E-state index in [1.54, 1.807) is 12.1 Å². The molecule has 25 heavy (non-hydrogen) atoms. The number of nitrogens with zero attached hydrogens (tertiary/aromatic N) is 2. The maximum atomic E-state index is 13.3. The summed E-state index contributed by atoms with van der Waals surface area (Å²) in [5.74, 6) is 0.423. The zero-order valence-electron chi connectivity index (χ0n) is 14.2. The van der Waals surface area contributed by atoms with Crippen LogP contribution in [0.2, 0.25) is 0 Å². The van der Waals surface area contributed by atoms with Crippen LogP contribution < -0.4 is 4.31 Å². The highest BCUT2D eigenvalue weighted by molar-refractivity contribution is 7.94. The van der Waals surface area contributed by atoms with E-state index in [1.807, 2.05) is 24.3 Å². The van der Waals surface area contributed by atoms with E-state index in [0.717, 1.165) is 13.0 Å². The van der Waals surface area contributed by atoms with Crippen LogP contribution in [0.4, 0.5) is 5.69 Å². The van der Waals surface area contributed by atoms with E-state index in [9.17, 15) is 13.5 Å². The van der Waals surface area contributed by atoms with Crippen molar-refractivity contribution < 1.29 is 13.5 Å². The monoisotopic (exact) mass is 360 g/mol. The third kappa shape index (κ3) is 2.72. The van der Waals surface area contributed by atoms with E-state index in [1.165, 1.54) is 4.31 Å². The summed E-state index contributed by atoms with van der Waals surface area (Å²) in [4.78, 5) is 2.20. The lowest BCUT2D eigenvalue weighted by molar-refractivity contribution is 0.142. The van der Waals surface area contributed by atoms with Crippen LogP contribution in [-0.2, 0) is 10.0 Å². The Morgan fingerprint density at radius 3 is 2.72 bits per heavy atom. The lowest BCUT2D eigenvalue weighted by Gasteiger charge is -2.28. The summed E-state index contributed by atoms with van der Waals surface area (Å²) in [6.07, 6.45) is 9.06. The van der Waals surface area contributed by atoms with Crippen LogP contribution in [0.25, 0.3) is 0 Å². The molecule has 0 radical (unpaired) electrons. The van der Waals surface area contributed by atoms with Gasteiger partial charge in [-0.15, -0.1) is 0 Å². The van der Waals surface area contributed by atoms with Crippen LogP contribution in [0.15, 0.2) is 54.6 Å². The number of sulfonamides is 1. The first-order valence-corrected chi connectivity index (χ1v) is 10.3. The van der Waals surface area contributed by atoms with Gasteiger partial charge in [0.05, 0.1) is 18.3 Å². The molecule has 2 heterocycles. The zero-order chi connectivity index (χ0) is 17.5. The van der Waals surface area contributed by atoms with Gasteiger partial charge in [0.25, 0.3) is 0 Å². The molecule has 0 amide bonds.